The number of aliphatic hydroxyl groups is 2. The van der Waals surface area contributed by atoms with Gasteiger partial charge in [0.05, 0.1) is 5.60 Å². The van der Waals surface area contributed by atoms with Gasteiger partial charge in [-0.3, -0.25) is 0 Å². The van der Waals surface area contributed by atoms with Gasteiger partial charge in [0.25, 0.3) is 0 Å². The normalized spacial score (nSPS) is 10.2. The van der Waals surface area contributed by atoms with Gasteiger partial charge >= 0.3 is 0 Å². The molecular formula is C8H20O2. The summed E-state index contributed by atoms with van der Waals surface area (Å²) in [6.45, 7) is 7.65. The summed E-state index contributed by atoms with van der Waals surface area (Å²) < 4.78 is 0. The van der Waals surface area contributed by atoms with Crippen molar-refractivity contribution in [1.29, 1.82) is 0 Å². The Morgan fingerprint density at radius 1 is 1.20 bits per heavy atom. The zero-order chi connectivity index (χ0) is 8.62. The smallest absolute Gasteiger partial charge is 0.0613 e. The van der Waals surface area contributed by atoms with Gasteiger partial charge in [-0.15, -0.1) is 0 Å². The lowest BCUT2D eigenvalue weighted by Gasteiger charge is -2.13. The maximum absolute atomic E-state index is 8.86. The minimum atomic E-state index is -0.700. The molecule has 0 spiro atoms. The van der Waals surface area contributed by atoms with E-state index in [9.17, 15) is 0 Å². The first kappa shape index (κ1) is 12.6. The van der Waals surface area contributed by atoms with E-state index < -0.39 is 5.60 Å². The number of hydrogen-bond donors (Lipinski definition) is 2. The second kappa shape index (κ2) is 7.03. The van der Waals surface area contributed by atoms with Crippen molar-refractivity contribution in [3.63, 3.8) is 0 Å². The predicted molar refractivity (Wildman–Crippen MR) is 44.0 cm³/mol. The Bertz CT molecular complexity index is 54.8. The molecule has 0 aliphatic rings. The third-order valence-electron chi connectivity index (χ3n) is 0.724. The maximum Gasteiger partial charge on any atom is 0.0613 e. The van der Waals surface area contributed by atoms with Crippen molar-refractivity contribution in [1.82, 2.24) is 0 Å². The van der Waals surface area contributed by atoms with E-state index in [-0.39, 0.29) is 6.61 Å². The fourth-order valence-corrected chi connectivity index (χ4v) is 0.274. The summed E-state index contributed by atoms with van der Waals surface area (Å²) in [5, 5.41) is 17.1. The molecule has 2 heteroatoms. The Labute approximate surface area is 63.9 Å². The van der Waals surface area contributed by atoms with E-state index in [1.54, 1.807) is 13.8 Å². The van der Waals surface area contributed by atoms with Crippen LogP contribution in [0.25, 0.3) is 0 Å². The number of aliphatic hydroxyl groups excluding tert-OH is 1. The molecule has 0 bridgehead atoms. The fraction of sp³-hybridized carbons (Fsp3) is 1.00. The van der Waals surface area contributed by atoms with Crippen LogP contribution in [0.4, 0.5) is 0 Å². The molecule has 10 heavy (non-hydrogen) atoms. The van der Waals surface area contributed by atoms with Crippen LogP contribution in [0, 0.1) is 0 Å². The molecule has 0 atom stereocenters. The lowest BCUT2D eigenvalue weighted by atomic mass is 10.1. The molecule has 64 valence electrons. The van der Waals surface area contributed by atoms with Crippen LogP contribution in [0.2, 0.25) is 0 Å². The Morgan fingerprint density at radius 3 is 1.50 bits per heavy atom. The van der Waals surface area contributed by atoms with Crippen molar-refractivity contribution in [3.8, 4) is 0 Å². The van der Waals surface area contributed by atoms with Gasteiger partial charge in [-0.05, 0) is 20.3 Å². The molecule has 0 aromatic carbocycles. The quantitative estimate of drug-likeness (QED) is 0.624. The van der Waals surface area contributed by atoms with Crippen molar-refractivity contribution in [2.75, 3.05) is 6.61 Å². The van der Waals surface area contributed by atoms with Gasteiger partial charge in [0.1, 0.15) is 0 Å². The summed E-state index contributed by atoms with van der Waals surface area (Å²) in [7, 11) is 0. The summed E-state index contributed by atoms with van der Waals surface area (Å²) in [5.41, 5.74) is -0.700. The molecule has 2 N–H and O–H groups in total. The first-order valence-electron chi connectivity index (χ1n) is 3.81. The summed E-state index contributed by atoms with van der Waals surface area (Å²) >= 11 is 0. The molecule has 0 aliphatic carbocycles. The molecule has 0 unspecified atom stereocenters. The maximum atomic E-state index is 8.86. The van der Waals surface area contributed by atoms with Crippen LogP contribution in [0.1, 0.15) is 40.5 Å². The zero-order valence-electron chi connectivity index (χ0n) is 7.52. The largest absolute Gasteiger partial charge is 0.396 e. The highest BCUT2D eigenvalue weighted by Crippen LogP contribution is 2.04. The molecular weight excluding hydrogens is 128 g/mol. The summed E-state index contributed by atoms with van der Waals surface area (Å²) in [5.74, 6) is 0. The van der Waals surface area contributed by atoms with Gasteiger partial charge in [0.2, 0.25) is 0 Å². The van der Waals surface area contributed by atoms with Crippen LogP contribution in [0.5, 0.6) is 0 Å². The van der Waals surface area contributed by atoms with Crippen LogP contribution in [0.3, 0.4) is 0 Å². The average molecular weight is 148 g/mol. The van der Waals surface area contributed by atoms with Gasteiger partial charge in [-0.2, -0.15) is 0 Å². The Kier molecular flexibility index (Phi) is 8.85. The van der Waals surface area contributed by atoms with Crippen molar-refractivity contribution >= 4 is 0 Å². The van der Waals surface area contributed by atoms with Crippen molar-refractivity contribution in [2.45, 2.75) is 46.1 Å². The predicted octanol–water partition coefficient (Wildman–Crippen LogP) is 1.56. The summed E-state index contributed by atoms with van der Waals surface area (Å²) in [6.07, 6.45) is 1.70. The zero-order valence-corrected chi connectivity index (χ0v) is 7.52. The van der Waals surface area contributed by atoms with Gasteiger partial charge in [0.15, 0.2) is 0 Å². The fourth-order valence-electron chi connectivity index (χ4n) is 0.274. The first-order valence-corrected chi connectivity index (χ1v) is 3.81. The third kappa shape index (κ3) is 24.7. The summed E-state index contributed by atoms with van der Waals surface area (Å²) in [6, 6.07) is 0. The highest BCUT2D eigenvalue weighted by Gasteiger charge is 2.09. The first-order chi connectivity index (χ1) is 4.47. The van der Waals surface area contributed by atoms with Crippen LogP contribution in [-0.2, 0) is 0 Å². The molecule has 0 rings (SSSR count). The minimum Gasteiger partial charge on any atom is -0.396 e. The van der Waals surface area contributed by atoms with Gasteiger partial charge in [-0.1, -0.05) is 20.3 Å². The third-order valence-corrected chi connectivity index (χ3v) is 0.724. The molecule has 0 amide bonds. The highest BCUT2D eigenvalue weighted by atomic mass is 16.3. The topological polar surface area (TPSA) is 40.5 Å². The molecule has 0 aromatic heterocycles. The van der Waals surface area contributed by atoms with Crippen LogP contribution < -0.4 is 0 Å². The SMILES string of the molecule is CC(C)(O)CCO.CCC. The molecule has 0 fully saturated rings. The van der Waals surface area contributed by atoms with E-state index >= 15 is 0 Å². The van der Waals surface area contributed by atoms with Gasteiger partial charge < -0.3 is 10.2 Å². The van der Waals surface area contributed by atoms with E-state index in [1.807, 2.05) is 0 Å². The summed E-state index contributed by atoms with van der Waals surface area (Å²) in [4.78, 5) is 0. The molecule has 0 radical (unpaired) electrons. The van der Waals surface area contributed by atoms with Crippen LogP contribution in [0.15, 0.2) is 0 Å². The van der Waals surface area contributed by atoms with Crippen LogP contribution >= 0.6 is 0 Å². The monoisotopic (exact) mass is 148 g/mol. The number of hydrogen-bond acceptors (Lipinski definition) is 2. The molecule has 2 nitrogen and oxygen atoms in total. The lowest BCUT2D eigenvalue weighted by Crippen LogP contribution is -2.19. The molecule has 0 aromatic rings. The second-order valence-electron chi connectivity index (χ2n) is 2.99. The van der Waals surface area contributed by atoms with E-state index in [2.05, 4.69) is 13.8 Å². The average Bonchev–Trinajstić information content (AvgIpc) is 1.63. The van der Waals surface area contributed by atoms with Crippen molar-refractivity contribution in [2.24, 2.45) is 0 Å². The molecule has 0 aliphatic heterocycles. The van der Waals surface area contributed by atoms with Crippen molar-refractivity contribution in [3.05, 3.63) is 0 Å². The Morgan fingerprint density at radius 2 is 1.50 bits per heavy atom. The Hall–Kier alpha value is -0.0800. The van der Waals surface area contributed by atoms with E-state index in [0.717, 1.165) is 0 Å². The van der Waals surface area contributed by atoms with E-state index in [0.29, 0.717) is 6.42 Å². The number of rotatable bonds is 2. The molecule has 0 saturated carbocycles. The van der Waals surface area contributed by atoms with Gasteiger partial charge in [-0.25, -0.2) is 0 Å². The molecule has 0 heterocycles. The van der Waals surface area contributed by atoms with Gasteiger partial charge in [0, 0.05) is 6.61 Å². The van der Waals surface area contributed by atoms with Crippen molar-refractivity contribution < 1.29 is 10.2 Å². The Balaban J connectivity index is 0. The van der Waals surface area contributed by atoms with E-state index in [4.69, 9.17) is 10.2 Å². The second-order valence-corrected chi connectivity index (χ2v) is 2.99. The minimum absolute atomic E-state index is 0.0590. The van der Waals surface area contributed by atoms with E-state index in [1.165, 1.54) is 6.42 Å². The standard InChI is InChI=1S/C5H12O2.C3H8/c1-5(2,7)3-4-6;1-3-2/h6-7H,3-4H2,1-2H3;3H2,1-2H3. The highest BCUT2D eigenvalue weighted by molar-refractivity contribution is 4.62. The molecule has 0 saturated heterocycles. The van der Waals surface area contributed by atoms with Crippen LogP contribution in [-0.4, -0.2) is 22.4 Å². The lowest BCUT2D eigenvalue weighted by molar-refractivity contribution is 0.0515.